The number of aromatic nitrogens is 1. The van der Waals surface area contributed by atoms with Gasteiger partial charge in [0, 0.05) is 17.0 Å². The molecule has 0 bridgehead atoms. The van der Waals surface area contributed by atoms with E-state index in [4.69, 9.17) is 13.8 Å². The fourth-order valence-electron chi connectivity index (χ4n) is 4.62. The molecule has 1 saturated carbocycles. The summed E-state index contributed by atoms with van der Waals surface area (Å²) < 4.78 is 11.1. The summed E-state index contributed by atoms with van der Waals surface area (Å²) in [6, 6.07) is 8.47. The Kier molecular flexibility index (Phi) is 4.19. The lowest BCUT2D eigenvalue weighted by molar-refractivity contribution is 0.297. The van der Waals surface area contributed by atoms with Crippen molar-refractivity contribution in [1.29, 1.82) is 0 Å². The molecule has 4 nitrogen and oxygen atoms in total. The van der Waals surface area contributed by atoms with Gasteiger partial charge in [0.2, 0.25) is 5.89 Å². The first-order valence-electron chi connectivity index (χ1n) is 9.95. The second-order valence-electron chi connectivity index (χ2n) is 7.84. The summed E-state index contributed by atoms with van der Waals surface area (Å²) in [7, 11) is 0. The molecule has 0 saturated heterocycles. The molecular weight excluding hydrogens is 336 g/mol. The third kappa shape index (κ3) is 3.14. The van der Waals surface area contributed by atoms with Gasteiger partial charge in [0.15, 0.2) is 0 Å². The molecule has 3 aromatic rings. The highest BCUT2D eigenvalue weighted by molar-refractivity contribution is 6.05. The number of hydrogen-bond donors (Lipinski definition) is 0. The van der Waals surface area contributed by atoms with Crippen LogP contribution in [-0.4, -0.2) is 10.7 Å². The zero-order chi connectivity index (χ0) is 18.2. The minimum Gasteiger partial charge on any atom is -0.472 e. The van der Waals surface area contributed by atoms with E-state index in [-0.39, 0.29) is 0 Å². The van der Waals surface area contributed by atoms with Crippen molar-refractivity contribution >= 4 is 11.4 Å². The van der Waals surface area contributed by atoms with Crippen molar-refractivity contribution in [2.24, 2.45) is 16.8 Å². The quantitative estimate of drug-likeness (QED) is 0.565. The van der Waals surface area contributed by atoms with E-state index in [1.165, 1.54) is 43.4 Å². The predicted octanol–water partition coefficient (Wildman–Crippen LogP) is 6.12. The van der Waals surface area contributed by atoms with Gasteiger partial charge in [0.25, 0.3) is 0 Å². The van der Waals surface area contributed by atoms with Crippen molar-refractivity contribution < 1.29 is 8.83 Å². The second-order valence-corrected chi connectivity index (χ2v) is 7.84. The van der Waals surface area contributed by atoms with Gasteiger partial charge in [-0.05, 0) is 55.9 Å². The third-order valence-corrected chi connectivity index (χ3v) is 6.02. The van der Waals surface area contributed by atoms with Crippen LogP contribution in [0.1, 0.15) is 49.0 Å². The van der Waals surface area contributed by atoms with Gasteiger partial charge < -0.3 is 8.83 Å². The Morgan fingerprint density at radius 2 is 1.93 bits per heavy atom. The molecule has 2 aliphatic rings. The van der Waals surface area contributed by atoms with Crippen molar-refractivity contribution in [3.05, 3.63) is 59.9 Å². The molecule has 1 aliphatic carbocycles. The van der Waals surface area contributed by atoms with E-state index in [9.17, 15) is 0 Å². The summed E-state index contributed by atoms with van der Waals surface area (Å²) in [6.07, 6.45) is 13.1. The Bertz CT molecular complexity index is 962. The first-order valence-corrected chi connectivity index (χ1v) is 9.95. The Labute approximate surface area is 159 Å². The Hall–Kier alpha value is -2.62. The minimum atomic E-state index is 0.477. The monoisotopic (exact) mass is 360 g/mol. The van der Waals surface area contributed by atoms with Crippen LogP contribution in [0.15, 0.2) is 56.8 Å². The van der Waals surface area contributed by atoms with E-state index in [1.807, 2.05) is 19.3 Å². The Morgan fingerprint density at radius 3 is 2.67 bits per heavy atom. The lowest BCUT2D eigenvalue weighted by Crippen LogP contribution is -2.30. The van der Waals surface area contributed by atoms with Gasteiger partial charge in [0.05, 0.1) is 30.1 Å². The van der Waals surface area contributed by atoms with Crippen LogP contribution in [0.2, 0.25) is 0 Å². The molecule has 1 fully saturated rings. The van der Waals surface area contributed by atoms with Crippen LogP contribution < -0.4 is 0 Å². The highest BCUT2D eigenvalue weighted by Gasteiger charge is 2.32. The molecule has 2 aromatic heterocycles. The van der Waals surface area contributed by atoms with Crippen LogP contribution in [0, 0.1) is 18.8 Å². The van der Waals surface area contributed by atoms with E-state index in [2.05, 4.69) is 23.2 Å². The topological polar surface area (TPSA) is 51.5 Å². The zero-order valence-electron chi connectivity index (χ0n) is 15.6. The Morgan fingerprint density at radius 1 is 1.04 bits per heavy atom. The molecule has 1 aliphatic heterocycles. The van der Waals surface area contributed by atoms with Crippen LogP contribution >= 0.6 is 0 Å². The second kappa shape index (κ2) is 6.84. The maximum atomic E-state index is 5.70. The summed E-state index contributed by atoms with van der Waals surface area (Å²) in [5, 5.41) is 0. The highest BCUT2D eigenvalue weighted by atomic mass is 16.4. The number of oxazole rings is 1. The standard InChI is InChI=1S/C23H24N2O2/c1-15-13-24-23(27-15)18-8-7-17-11-20(16-5-3-2-4-6-16)22(25-21(17)12-18)19-9-10-26-14-19/h7-10,12-14,16,20H,2-6,11H2,1H3. The van der Waals surface area contributed by atoms with Gasteiger partial charge in [-0.2, -0.15) is 0 Å². The van der Waals surface area contributed by atoms with E-state index < -0.39 is 0 Å². The molecule has 1 atom stereocenters. The first kappa shape index (κ1) is 16.5. The van der Waals surface area contributed by atoms with Gasteiger partial charge in [-0.3, -0.25) is 4.99 Å². The van der Waals surface area contributed by atoms with Crippen molar-refractivity contribution in [3.8, 4) is 11.5 Å². The first-order chi connectivity index (χ1) is 13.3. The van der Waals surface area contributed by atoms with Crippen molar-refractivity contribution in [3.63, 3.8) is 0 Å². The number of hydrogen-bond acceptors (Lipinski definition) is 4. The molecule has 0 spiro atoms. The molecule has 0 amide bonds. The molecule has 0 radical (unpaired) electrons. The van der Waals surface area contributed by atoms with Gasteiger partial charge in [-0.25, -0.2) is 4.98 Å². The van der Waals surface area contributed by atoms with Gasteiger partial charge >= 0.3 is 0 Å². The summed E-state index contributed by atoms with van der Waals surface area (Å²) in [5.41, 5.74) is 5.64. The number of aryl methyl sites for hydroxylation is 1. The smallest absolute Gasteiger partial charge is 0.226 e. The molecule has 27 heavy (non-hydrogen) atoms. The van der Waals surface area contributed by atoms with Crippen molar-refractivity contribution in [2.45, 2.75) is 45.4 Å². The summed E-state index contributed by atoms with van der Waals surface area (Å²) >= 11 is 0. The van der Waals surface area contributed by atoms with Crippen LogP contribution in [0.5, 0.6) is 0 Å². The lowest BCUT2D eigenvalue weighted by Gasteiger charge is -2.34. The number of nitrogens with zero attached hydrogens (tertiary/aromatic N) is 2. The van der Waals surface area contributed by atoms with E-state index >= 15 is 0 Å². The van der Waals surface area contributed by atoms with Crippen LogP contribution in [-0.2, 0) is 6.42 Å². The van der Waals surface area contributed by atoms with Gasteiger partial charge in [-0.15, -0.1) is 0 Å². The maximum absolute atomic E-state index is 5.70. The highest BCUT2D eigenvalue weighted by Crippen LogP contribution is 2.41. The SMILES string of the molecule is Cc1cnc(-c2ccc3c(c2)N=C(c2ccoc2)C(C2CCCCC2)C3)o1. The minimum absolute atomic E-state index is 0.477. The largest absolute Gasteiger partial charge is 0.472 e. The molecule has 5 rings (SSSR count). The average molecular weight is 360 g/mol. The Balaban J connectivity index is 1.56. The van der Waals surface area contributed by atoms with Gasteiger partial charge in [0.1, 0.15) is 5.76 Å². The number of aliphatic imine (C=N–C) groups is 1. The molecule has 4 heteroatoms. The average Bonchev–Trinajstić information content (AvgIpc) is 3.39. The third-order valence-electron chi connectivity index (χ3n) is 6.02. The molecule has 3 heterocycles. The number of fused-ring (bicyclic) bond motifs is 1. The summed E-state index contributed by atoms with van der Waals surface area (Å²) in [5.74, 6) is 2.67. The zero-order valence-corrected chi connectivity index (χ0v) is 15.6. The molecule has 0 N–H and O–H groups in total. The van der Waals surface area contributed by atoms with E-state index in [1.54, 1.807) is 12.5 Å². The van der Waals surface area contributed by atoms with Crippen LogP contribution in [0.3, 0.4) is 0 Å². The predicted molar refractivity (Wildman–Crippen MR) is 105 cm³/mol. The fourth-order valence-corrected chi connectivity index (χ4v) is 4.62. The van der Waals surface area contributed by atoms with E-state index in [0.717, 1.165) is 34.9 Å². The van der Waals surface area contributed by atoms with E-state index in [0.29, 0.717) is 11.8 Å². The van der Waals surface area contributed by atoms with Crippen molar-refractivity contribution in [2.75, 3.05) is 0 Å². The maximum Gasteiger partial charge on any atom is 0.226 e. The van der Waals surface area contributed by atoms with Crippen molar-refractivity contribution in [1.82, 2.24) is 4.98 Å². The summed E-state index contributed by atoms with van der Waals surface area (Å²) in [4.78, 5) is 9.49. The van der Waals surface area contributed by atoms with Crippen LogP contribution in [0.25, 0.3) is 11.5 Å². The summed E-state index contributed by atoms with van der Waals surface area (Å²) in [6.45, 7) is 1.92. The molecule has 1 aromatic carbocycles. The van der Waals surface area contributed by atoms with Gasteiger partial charge in [-0.1, -0.05) is 25.3 Å². The number of rotatable bonds is 3. The normalized spacial score (nSPS) is 20.3. The lowest BCUT2D eigenvalue weighted by atomic mass is 9.73. The van der Waals surface area contributed by atoms with Crippen LogP contribution in [0.4, 0.5) is 5.69 Å². The molecular formula is C23H24N2O2. The molecule has 138 valence electrons. The fraction of sp³-hybridized carbons (Fsp3) is 0.391. The number of benzene rings is 1. The number of furan rings is 1. The molecule has 1 unspecified atom stereocenters.